The minimum Gasteiger partial charge on any atom is -0.486 e. The molecule has 0 radical (unpaired) electrons. The quantitative estimate of drug-likeness (QED) is 0.514. The number of para-hydroxylation sites is 1. The molecule has 3 atom stereocenters. The number of fused-ring (bicyclic) bond motifs is 1. The second-order valence-electron chi connectivity index (χ2n) is 10.0. The summed E-state index contributed by atoms with van der Waals surface area (Å²) in [4.78, 5) is 29.9. The number of anilines is 1. The number of hydrogen-bond acceptors (Lipinski definition) is 5. The zero-order chi connectivity index (χ0) is 26.0. The van der Waals surface area contributed by atoms with E-state index >= 15 is 0 Å². The van der Waals surface area contributed by atoms with Crippen LogP contribution in [0.1, 0.15) is 42.6 Å². The molecule has 0 unspecified atom stereocenters. The molecule has 2 amide bonds. The summed E-state index contributed by atoms with van der Waals surface area (Å²) < 4.78 is 6.55. The second kappa shape index (κ2) is 11.4. The van der Waals surface area contributed by atoms with Crippen molar-refractivity contribution in [2.75, 3.05) is 32.1 Å². The molecule has 1 saturated carbocycles. The molecule has 7 nitrogen and oxygen atoms in total. The van der Waals surface area contributed by atoms with E-state index in [1.807, 2.05) is 33.0 Å². The number of hydrogen-bond donors (Lipinski definition) is 2. The molecule has 1 heterocycles. The lowest BCUT2D eigenvalue weighted by molar-refractivity contribution is -0.117. The van der Waals surface area contributed by atoms with Gasteiger partial charge in [-0.3, -0.25) is 14.5 Å². The molecule has 194 valence electrons. The Morgan fingerprint density at radius 3 is 2.67 bits per heavy atom. The van der Waals surface area contributed by atoms with E-state index in [1.54, 1.807) is 29.2 Å². The van der Waals surface area contributed by atoms with Crippen LogP contribution in [0.25, 0.3) is 0 Å². The smallest absolute Gasteiger partial charge is 0.258 e. The van der Waals surface area contributed by atoms with Crippen LogP contribution in [-0.2, 0) is 11.3 Å². The summed E-state index contributed by atoms with van der Waals surface area (Å²) >= 11 is 12.3. The molecule has 0 aromatic heterocycles. The first-order valence-electron chi connectivity index (χ1n) is 12.3. The van der Waals surface area contributed by atoms with Crippen molar-refractivity contribution in [3.05, 3.63) is 57.6 Å². The number of ether oxygens (including phenoxy) is 1. The highest BCUT2D eigenvalue weighted by molar-refractivity contribution is 6.42. The molecule has 1 fully saturated rings. The lowest BCUT2D eigenvalue weighted by Crippen LogP contribution is -2.49. The first kappa shape index (κ1) is 26.7. The number of amides is 2. The van der Waals surface area contributed by atoms with E-state index in [9.17, 15) is 14.7 Å². The Bertz CT molecular complexity index is 1120. The normalized spacial score (nSPS) is 20.9. The first-order valence-corrected chi connectivity index (χ1v) is 13.1. The zero-order valence-electron chi connectivity index (χ0n) is 20.8. The molecule has 36 heavy (non-hydrogen) atoms. The summed E-state index contributed by atoms with van der Waals surface area (Å²) in [6.07, 6.45) is 1.47. The van der Waals surface area contributed by atoms with Gasteiger partial charge in [-0.2, -0.15) is 0 Å². The monoisotopic (exact) mass is 533 g/mol. The van der Waals surface area contributed by atoms with Gasteiger partial charge in [-0.15, -0.1) is 0 Å². The number of likely N-dealkylation sites (N-methyl/N-ethyl adjacent to an activating group) is 1. The van der Waals surface area contributed by atoms with Crippen LogP contribution in [0.2, 0.25) is 10.0 Å². The third kappa shape index (κ3) is 6.14. The van der Waals surface area contributed by atoms with Gasteiger partial charge in [-0.05, 0) is 56.6 Å². The van der Waals surface area contributed by atoms with Gasteiger partial charge in [0.2, 0.25) is 5.91 Å². The molecular weight excluding hydrogens is 501 g/mol. The lowest BCUT2D eigenvalue weighted by atomic mass is 9.98. The summed E-state index contributed by atoms with van der Waals surface area (Å²) in [6, 6.07) is 10.5. The van der Waals surface area contributed by atoms with Crippen LogP contribution >= 0.6 is 23.2 Å². The highest BCUT2D eigenvalue weighted by Gasteiger charge is 2.36. The Morgan fingerprint density at radius 1 is 1.25 bits per heavy atom. The van der Waals surface area contributed by atoms with Gasteiger partial charge in [0.25, 0.3) is 5.91 Å². The number of benzene rings is 2. The van der Waals surface area contributed by atoms with Crippen molar-refractivity contribution >= 4 is 40.7 Å². The predicted molar refractivity (Wildman–Crippen MR) is 142 cm³/mol. The second-order valence-corrected chi connectivity index (χ2v) is 10.8. The van der Waals surface area contributed by atoms with Crippen molar-refractivity contribution in [1.82, 2.24) is 9.80 Å². The molecule has 2 aliphatic rings. The highest BCUT2D eigenvalue weighted by atomic mass is 35.5. The van der Waals surface area contributed by atoms with Gasteiger partial charge >= 0.3 is 0 Å². The number of aliphatic hydroxyl groups is 1. The zero-order valence-corrected chi connectivity index (χ0v) is 22.4. The number of rotatable bonds is 8. The molecule has 2 N–H and O–H groups in total. The summed E-state index contributed by atoms with van der Waals surface area (Å²) in [5.74, 6) is 0.0840. The largest absolute Gasteiger partial charge is 0.486 e. The summed E-state index contributed by atoms with van der Waals surface area (Å²) in [6.45, 7) is 5.36. The van der Waals surface area contributed by atoms with E-state index in [1.165, 1.54) is 0 Å². The summed E-state index contributed by atoms with van der Waals surface area (Å²) in [5, 5.41) is 13.8. The molecule has 9 heteroatoms. The van der Waals surface area contributed by atoms with Crippen molar-refractivity contribution in [2.45, 2.75) is 45.4 Å². The minimum atomic E-state index is -0.356. The van der Waals surface area contributed by atoms with Crippen LogP contribution < -0.4 is 10.1 Å². The molecule has 1 aliphatic heterocycles. The number of nitrogens with one attached hydrogen (secondary N) is 1. The number of carbonyl (C=O) groups is 2. The third-order valence-electron chi connectivity index (χ3n) is 6.83. The van der Waals surface area contributed by atoms with Crippen LogP contribution in [0.15, 0.2) is 36.4 Å². The molecule has 0 saturated heterocycles. The first-order chi connectivity index (χ1) is 17.2. The maximum atomic E-state index is 13.5. The third-order valence-corrected chi connectivity index (χ3v) is 7.56. The fourth-order valence-corrected chi connectivity index (χ4v) is 4.78. The maximum absolute atomic E-state index is 13.5. The standard InChI is InChI=1S/C27H33Cl2N3O4/c1-16-12-32(17(2)15-33)27(35)20-5-4-6-23(30-26(34)19-8-9-19)25(20)36-24(16)14-31(3)13-18-7-10-21(28)22(29)11-18/h4-7,10-11,16-17,19,24,33H,8-9,12-15H2,1-3H3,(H,30,34)/t16-,17+,24+/m1/s1. The Hall–Kier alpha value is -2.32. The van der Waals surface area contributed by atoms with Crippen molar-refractivity contribution in [1.29, 1.82) is 0 Å². The van der Waals surface area contributed by atoms with Gasteiger partial charge in [0.05, 0.1) is 33.9 Å². The predicted octanol–water partition coefficient (Wildman–Crippen LogP) is 4.69. The topological polar surface area (TPSA) is 82.1 Å². The number of nitrogens with zero attached hydrogens (tertiary/aromatic N) is 2. The number of aliphatic hydroxyl groups excluding tert-OH is 1. The molecule has 1 aliphatic carbocycles. The average Bonchev–Trinajstić information content (AvgIpc) is 3.69. The van der Waals surface area contributed by atoms with Gasteiger partial charge in [0, 0.05) is 31.5 Å². The summed E-state index contributed by atoms with van der Waals surface area (Å²) in [5.41, 5.74) is 1.91. The maximum Gasteiger partial charge on any atom is 0.258 e. The Kier molecular flexibility index (Phi) is 8.45. The minimum absolute atomic E-state index is 0.0167. The number of halogens is 2. The fraction of sp³-hybridized carbons (Fsp3) is 0.481. The average molecular weight is 534 g/mol. The van der Waals surface area contributed by atoms with Crippen molar-refractivity contribution < 1.29 is 19.4 Å². The van der Waals surface area contributed by atoms with Gasteiger partial charge in [-0.1, -0.05) is 42.3 Å². The van der Waals surface area contributed by atoms with Gasteiger partial charge in [0.15, 0.2) is 5.75 Å². The van der Waals surface area contributed by atoms with Gasteiger partial charge < -0.3 is 20.1 Å². The van der Waals surface area contributed by atoms with Crippen LogP contribution in [-0.4, -0.2) is 65.6 Å². The van der Waals surface area contributed by atoms with E-state index < -0.39 is 0 Å². The van der Waals surface area contributed by atoms with Crippen LogP contribution in [0.3, 0.4) is 0 Å². The van der Waals surface area contributed by atoms with Crippen molar-refractivity contribution in [3.8, 4) is 5.75 Å². The van der Waals surface area contributed by atoms with E-state index in [0.29, 0.717) is 46.7 Å². The Balaban J connectivity index is 1.63. The highest BCUT2D eigenvalue weighted by Crippen LogP contribution is 2.37. The SMILES string of the molecule is C[C@@H]1CN([C@@H](C)CO)C(=O)c2cccc(NC(=O)C3CC3)c2O[C@H]1CN(C)Cc1ccc(Cl)c(Cl)c1. The van der Waals surface area contributed by atoms with Crippen LogP contribution in [0.4, 0.5) is 5.69 Å². The van der Waals surface area contributed by atoms with E-state index in [2.05, 4.69) is 10.2 Å². The molecule has 2 aromatic carbocycles. The summed E-state index contributed by atoms with van der Waals surface area (Å²) in [7, 11) is 2.00. The van der Waals surface area contributed by atoms with Gasteiger partial charge in [-0.25, -0.2) is 0 Å². The van der Waals surface area contributed by atoms with Crippen LogP contribution in [0, 0.1) is 11.8 Å². The van der Waals surface area contributed by atoms with E-state index in [4.69, 9.17) is 27.9 Å². The molecule has 2 aromatic rings. The lowest BCUT2D eigenvalue weighted by Gasteiger charge is -2.38. The molecule has 0 spiro atoms. The van der Waals surface area contributed by atoms with Crippen LogP contribution in [0.5, 0.6) is 5.75 Å². The molecule has 0 bridgehead atoms. The van der Waals surface area contributed by atoms with E-state index in [-0.39, 0.29) is 42.4 Å². The molecular formula is C27H33Cl2N3O4. The van der Waals surface area contributed by atoms with Gasteiger partial charge in [0.1, 0.15) is 6.10 Å². The van der Waals surface area contributed by atoms with E-state index in [0.717, 1.165) is 18.4 Å². The van der Waals surface area contributed by atoms with Crippen molar-refractivity contribution in [3.63, 3.8) is 0 Å². The van der Waals surface area contributed by atoms with Crippen molar-refractivity contribution in [2.24, 2.45) is 11.8 Å². The Morgan fingerprint density at radius 2 is 2.00 bits per heavy atom. The number of carbonyl (C=O) groups excluding carboxylic acids is 2. The Labute approximate surface area is 222 Å². The fourth-order valence-electron chi connectivity index (χ4n) is 4.46. The molecule has 4 rings (SSSR count).